The summed E-state index contributed by atoms with van der Waals surface area (Å²) in [7, 11) is 1.30. The number of carbonyl (C=O) groups is 2. The van der Waals surface area contributed by atoms with Crippen molar-refractivity contribution in [1.82, 2.24) is 4.57 Å². The number of carbonyl (C=O) groups excluding carboxylic acids is 2. The molecule has 34 heavy (non-hydrogen) atoms. The lowest BCUT2D eigenvalue weighted by Gasteiger charge is -2.19. The molecule has 2 aromatic carbocycles. The van der Waals surface area contributed by atoms with Crippen LogP contribution < -0.4 is 4.90 Å². The van der Waals surface area contributed by atoms with E-state index in [1.807, 2.05) is 52.0 Å². The number of benzene rings is 2. The smallest absolute Gasteiger partial charge is 0.340 e. The zero-order chi connectivity index (χ0) is 24.7. The molecule has 1 aliphatic rings. The minimum Gasteiger partial charge on any atom is -0.465 e. The van der Waals surface area contributed by atoms with E-state index in [1.165, 1.54) is 13.2 Å². The van der Waals surface area contributed by atoms with Gasteiger partial charge in [0.2, 0.25) is 0 Å². The first-order valence-corrected chi connectivity index (χ1v) is 11.0. The summed E-state index contributed by atoms with van der Waals surface area (Å²) in [5, 5.41) is 0. The predicted molar refractivity (Wildman–Crippen MR) is 131 cm³/mol. The molecule has 5 nitrogen and oxygen atoms in total. The van der Waals surface area contributed by atoms with Crippen LogP contribution in [-0.4, -0.2) is 23.6 Å². The Balaban J connectivity index is 1.87. The number of aryl methyl sites for hydroxylation is 3. The van der Waals surface area contributed by atoms with E-state index in [1.54, 1.807) is 40.7 Å². The van der Waals surface area contributed by atoms with E-state index in [-0.39, 0.29) is 22.9 Å². The first-order valence-electron chi connectivity index (χ1n) is 11.0. The van der Waals surface area contributed by atoms with Gasteiger partial charge in [0, 0.05) is 22.8 Å². The number of rotatable bonds is 4. The number of nitrogens with zero attached hydrogens (tertiary/aromatic N) is 2. The van der Waals surface area contributed by atoms with Crippen molar-refractivity contribution in [3.05, 3.63) is 99.3 Å². The monoisotopic (exact) mass is 458 g/mol. The zero-order valence-corrected chi connectivity index (χ0v) is 20.2. The van der Waals surface area contributed by atoms with Crippen molar-refractivity contribution in [3.8, 4) is 5.69 Å². The molecule has 0 atom stereocenters. The summed E-state index contributed by atoms with van der Waals surface area (Å²) in [5.41, 5.74) is 6.54. The Labute approximate surface area is 198 Å². The number of esters is 1. The zero-order valence-electron chi connectivity index (χ0n) is 20.2. The van der Waals surface area contributed by atoms with E-state index in [4.69, 9.17) is 4.74 Å². The number of halogens is 1. The second-order valence-electron chi connectivity index (χ2n) is 8.53. The van der Waals surface area contributed by atoms with Crippen LogP contribution in [0.25, 0.3) is 11.8 Å². The van der Waals surface area contributed by atoms with Crippen LogP contribution in [0.15, 0.2) is 65.4 Å². The number of aromatic nitrogens is 1. The molecule has 4 rings (SSSR count). The molecule has 0 bridgehead atoms. The quantitative estimate of drug-likeness (QED) is 0.371. The van der Waals surface area contributed by atoms with Gasteiger partial charge in [0.05, 0.1) is 23.9 Å². The Morgan fingerprint density at radius 1 is 0.971 bits per heavy atom. The highest BCUT2D eigenvalue weighted by molar-refractivity contribution is 6.23. The minimum atomic E-state index is -0.577. The third kappa shape index (κ3) is 3.75. The average molecular weight is 459 g/mol. The molecular formula is C28H27FN2O3. The Bertz CT molecular complexity index is 1390. The van der Waals surface area contributed by atoms with Crippen LogP contribution in [0, 0.1) is 33.5 Å². The van der Waals surface area contributed by atoms with Crippen molar-refractivity contribution in [3.63, 3.8) is 0 Å². The number of amides is 1. The largest absolute Gasteiger partial charge is 0.465 e. The Hall–Kier alpha value is -3.93. The first-order chi connectivity index (χ1) is 16.1. The highest BCUT2D eigenvalue weighted by Gasteiger charge is 2.38. The van der Waals surface area contributed by atoms with E-state index in [9.17, 15) is 14.0 Å². The van der Waals surface area contributed by atoms with E-state index in [2.05, 4.69) is 0 Å². The Morgan fingerprint density at radius 2 is 1.68 bits per heavy atom. The number of ether oxygens (including phenoxy) is 1. The predicted octanol–water partition coefficient (Wildman–Crippen LogP) is 5.73. The minimum absolute atomic E-state index is 0.224. The molecule has 0 radical (unpaired) electrons. The van der Waals surface area contributed by atoms with Crippen LogP contribution in [0.4, 0.5) is 10.1 Å². The lowest BCUT2D eigenvalue weighted by molar-refractivity contribution is -0.136. The number of allylic oxidation sites excluding steroid dienone is 1. The fourth-order valence-electron chi connectivity index (χ4n) is 4.45. The number of methoxy groups -OCH3 is 1. The van der Waals surface area contributed by atoms with Gasteiger partial charge in [-0.25, -0.2) is 9.18 Å². The first kappa shape index (κ1) is 23.2. The van der Waals surface area contributed by atoms with Gasteiger partial charge in [-0.1, -0.05) is 18.2 Å². The van der Waals surface area contributed by atoms with E-state index in [0.29, 0.717) is 17.1 Å². The summed E-state index contributed by atoms with van der Waals surface area (Å²) in [5.74, 6) is -1.23. The Kier molecular flexibility index (Phi) is 6.00. The van der Waals surface area contributed by atoms with Crippen molar-refractivity contribution < 1.29 is 18.7 Å². The maximum absolute atomic E-state index is 14.5. The van der Waals surface area contributed by atoms with Crippen LogP contribution >= 0.6 is 0 Å². The average Bonchev–Trinajstić information content (AvgIpc) is 3.22. The molecule has 0 saturated carbocycles. The maximum atomic E-state index is 14.5. The summed E-state index contributed by atoms with van der Waals surface area (Å²) in [4.78, 5) is 27.9. The van der Waals surface area contributed by atoms with Gasteiger partial charge >= 0.3 is 5.97 Å². The normalized spacial score (nSPS) is 15.0. The molecule has 6 heteroatoms. The summed E-state index contributed by atoms with van der Waals surface area (Å²) >= 11 is 0. The summed E-state index contributed by atoms with van der Waals surface area (Å²) in [6.07, 6.45) is 1.69. The van der Waals surface area contributed by atoms with Crippen molar-refractivity contribution in [1.29, 1.82) is 0 Å². The molecule has 1 aliphatic heterocycles. The fraction of sp³-hybridized carbons (Fsp3) is 0.214. The third-order valence-corrected chi connectivity index (χ3v) is 6.40. The highest BCUT2D eigenvalue weighted by Crippen LogP contribution is 2.37. The summed E-state index contributed by atoms with van der Waals surface area (Å²) < 4.78 is 21.3. The van der Waals surface area contributed by atoms with Crippen LogP contribution in [0.1, 0.15) is 35.0 Å². The Morgan fingerprint density at radius 3 is 2.32 bits per heavy atom. The molecule has 1 aromatic heterocycles. The molecule has 0 fully saturated rings. The molecule has 2 heterocycles. The molecule has 3 aromatic rings. The van der Waals surface area contributed by atoms with E-state index in [0.717, 1.165) is 28.1 Å². The van der Waals surface area contributed by atoms with Crippen LogP contribution in [-0.2, 0) is 14.3 Å². The second kappa shape index (κ2) is 8.78. The SMILES string of the molecule is COC(=O)C1=C(C)N(c2ccc(C)c(C)c2)C(=O)/C1=C\c1cc(C)n(-c2ccccc2F)c1C. The van der Waals surface area contributed by atoms with Crippen LogP contribution in [0.5, 0.6) is 0 Å². The molecule has 1 amide bonds. The highest BCUT2D eigenvalue weighted by atomic mass is 19.1. The van der Waals surface area contributed by atoms with Gasteiger partial charge in [-0.2, -0.15) is 0 Å². The van der Waals surface area contributed by atoms with Gasteiger partial charge in [-0.05, 0) is 87.7 Å². The van der Waals surface area contributed by atoms with E-state index < -0.39 is 5.97 Å². The number of hydrogen-bond donors (Lipinski definition) is 0. The van der Waals surface area contributed by atoms with E-state index >= 15 is 0 Å². The molecule has 0 spiro atoms. The van der Waals surface area contributed by atoms with Gasteiger partial charge in [0.25, 0.3) is 5.91 Å². The summed E-state index contributed by atoms with van der Waals surface area (Å²) in [6.45, 7) is 9.46. The fourth-order valence-corrected chi connectivity index (χ4v) is 4.45. The van der Waals surface area contributed by atoms with Crippen molar-refractivity contribution >= 4 is 23.6 Å². The number of hydrogen-bond acceptors (Lipinski definition) is 3. The molecule has 0 aliphatic carbocycles. The molecular weight excluding hydrogens is 431 g/mol. The van der Waals surface area contributed by atoms with Gasteiger partial charge in [0.15, 0.2) is 0 Å². The lowest BCUT2D eigenvalue weighted by atomic mass is 10.0. The van der Waals surface area contributed by atoms with Gasteiger partial charge in [0.1, 0.15) is 5.82 Å². The molecule has 0 N–H and O–H groups in total. The number of para-hydroxylation sites is 1. The standard InChI is InChI=1S/C28H27FN2O3/c1-16-11-12-22(13-17(16)2)31-20(5)26(28(33)34-6)23(27(31)32)15-21-14-18(3)30(19(21)4)25-10-8-7-9-24(25)29/h7-15H,1-6H3/b23-15-. The molecule has 174 valence electrons. The third-order valence-electron chi connectivity index (χ3n) is 6.40. The van der Waals surface area contributed by atoms with Gasteiger partial charge < -0.3 is 9.30 Å². The van der Waals surface area contributed by atoms with Gasteiger partial charge in [-0.15, -0.1) is 0 Å². The number of anilines is 1. The van der Waals surface area contributed by atoms with Crippen molar-refractivity contribution in [2.24, 2.45) is 0 Å². The van der Waals surface area contributed by atoms with Crippen LogP contribution in [0.2, 0.25) is 0 Å². The topological polar surface area (TPSA) is 51.5 Å². The summed E-state index contributed by atoms with van der Waals surface area (Å²) in [6, 6.07) is 14.2. The molecule has 0 saturated heterocycles. The molecule has 0 unspecified atom stereocenters. The van der Waals surface area contributed by atoms with Gasteiger partial charge in [-0.3, -0.25) is 9.69 Å². The maximum Gasteiger partial charge on any atom is 0.340 e. The van der Waals surface area contributed by atoms with Crippen molar-refractivity contribution in [2.75, 3.05) is 12.0 Å². The van der Waals surface area contributed by atoms with Crippen LogP contribution in [0.3, 0.4) is 0 Å². The van der Waals surface area contributed by atoms with Crippen molar-refractivity contribution in [2.45, 2.75) is 34.6 Å². The lowest BCUT2D eigenvalue weighted by Crippen LogP contribution is -2.24. The second-order valence-corrected chi connectivity index (χ2v) is 8.53.